The standard InChI is InChI=1S/C41H50N6O6/c1-40(2,3)52-28-20-34(46(22-28)38(48)49)36-42-30-16-14-25(18-32(30)44-36)12-13-26-15-17-31-33(19-26)45-37(43-31)35-21-29(53-41(4,5)6)23-47(35)39(50)51-24-27-10-8-7-9-11-27/h7-11,14-19,28-29,34-35H,12-13,20-24H2,1-6H3,(H,42,44)(H,43,45)(H,48,49)/t28-,29-,34+,35+/m1/s1. The number of imidazole rings is 2. The molecule has 2 amide bonds. The second-order valence-electron chi connectivity index (χ2n) is 16.3. The topological polar surface area (TPSA) is 146 Å². The first kappa shape index (κ1) is 36.4. The van der Waals surface area contributed by atoms with E-state index in [1.165, 1.54) is 4.90 Å². The molecule has 2 saturated heterocycles. The normalized spacial score (nSPS) is 20.9. The van der Waals surface area contributed by atoms with E-state index in [-0.39, 0.29) is 42.2 Å². The zero-order valence-electron chi connectivity index (χ0n) is 31.4. The summed E-state index contributed by atoms with van der Waals surface area (Å²) in [5.74, 6) is 1.36. The largest absolute Gasteiger partial charge is 0.465 e. The van der Waals surface area contributed by atoms with Crippen LogP contribution >= 0.6 is 0 Å². The molecule has 4 atom stereocenters. The monoisotopic (exact) mass is 722 g/mol. The van der Waals surface area contributed by atoms with E-state index in [0.717, 1.165) is 51.6 Å². The number of carboxylic acid groups (broad SMARTS) is 1. The average molecular weight is 723 g/mol. The fourth-order valence-corrected chi connectivity index (χ4v) is 7.57. The zero-order valence-corrected chi connectivity index (χ0v) is 31.4. The van der Waals surface area contributed by atoms with E-state index < -0.39 is 12.1 Å². The summed E-state index contributed by atoms with van der Waals surface area (Å²) in [6.07, 6.45) is 1.07. The van der Waals surface area contributed by atoms with E-state index in [4.69, 9.17) is 24.2 Å². The number of carbonyl (C=O) groups is 2. The van der Waals surface area contributed by atoms with Gasteiger partial charge in [0.05, 0.1) is 70.7 Å². The first-order valence-electron chi connectivity index (χ1n) is 18.5. The number of benzene rings is 3. The predicted octanol–water partition coefficient (Wildman–Crippen LogP) is 8.10. The van der Waals surface area contributed by atoms with Gasteiger partial charge in [0, 0.05) is 12.8 Å². The summed E-state index contributed by atoms with van der Waals surface area (Å²) in [7, 11) is 0. The van der Waals surface area contributed by atoms with Gasteiger partial charge in [0.2, 0.25) is 0 Å². The van der Waals surface area contributed by atoms with Crippen LogP contribution in [0.25, 0.3) is 22.1 Å². The van der Waals surface area contributed by atoms with Crippen molar-refractivity contribution in [1.82, 2.24) is 29.7 Å². The second-order valence-corrected chi connectivity index (χ2v) is 16.3. The van der Waals surface area contributed by atoms with Gasteiger partial charge in [-0.25, -0.2) is 19.6 Å². The number of aromatic nitrogens is 4. The maximum Gasteiger partial charge on any atom is 0.410 e. The number of hydrogen-bond donors (Lipinski definition) is 3. The van der Waals surface area contributed by atoms with Crippen LogP contribution in [0.15, 0.2) is 66.7 Å². The molecule has 0 spiro atoms. The summed E-state index contributed by atoms with van der Waals surface area (Å²) in [5, 5.41) is 9.91. The lowest BCUT2D eigenvalue weighted by molar-refractivity contribution is -0.0541. The van der Waals surface area contributed by atoms with Crippen molar-refractivity contribution in [3.63, 3.8) is 0 Å². The van der Waals surface area contributed by atoms with E-state index >= 15 is 0 Å². The van der Waals surface area contributed by atoms with E-state index in [0.29, 0.717) is 37.6 Å². The third-order valence-corrected chi connectivity index (χ3v) is 9.71. The smallest absolute Gasteiger partial charge is 0.410 e. The molecular weight excluding hydrogens is 672 g/mol. The Morgan fingerprint density at radius 2 is 1.21 bits per heavy atom. The highest BCUT2D eigenvalue weighted by atomic mass is 16.6. The van der Waals surface area contributed by atoms with Crippen molar-refractivity contribution in [2.75, 3.05) is 13.1 Å². The van der Waals surface area contributed by atoms with Gasteiger partial charge in [0.15, 0.2) is 0 Å². The van der Waals surface area contributed by atoms with Crippen LogP contribution in [-0.2, 0) is 33.7 Å². The van der Waals surface area contributed by atoms with Crippen LogP contribution in [0, 0.1) is 0 Å². The van der Waals surface area contributed by atoms with Crippen LogP contribution in [0.3, 0.4) is 0 Å². The summed E-state index contributed by atoms with van der Waals surface area (Å²) in [4.78, 5) is 45.3. The lowest BCUT2D eigenvalue weighted by Gasteiger charge is -2.25. The lowest BCUT2D eigenvalue weighted by Crippen LogP contribution is -2.34. The second kappa shape index (κ2) is 14.5. The fraction of sp³-hybridized carbons (Fsp3) is 0.463. The summed E-state index contributed by atoms with van der Waals surface area (Å²) in [6, 6.07) is 21.4. The van der Waals surface area contributed by atoms with Gasteiger partial charge in [-0.2, -0.15) is 0 Å². The maximum atomic E-state index is 13.4. The summed E-state index contributed by atoms with van der Waals surface area (Å²) in [5.41, 5.74) is 5.96. The van der Waals surface area contributed by atoms with E-state index in [1.807, 2.05) is 84.0 Å². The molecule has 12 nitrogen and oxygen atoms in total. The number of hydrogen-bond acceptors (Lipinski definition) is 7. The van der Waals surface area contributed by atoms with Crippen molar-refractivity contribution in [3.05, 3.63) is 95.1 Å². The molecule has 2 fully saturated rings. The molecule has 0 aliphatic carbocycles. The predicted molar refractivity (Wildman–Crippen MR) is 202 cm³/mol. The van der Waals surface area contributed by atoms with Crippen LogP contribution in [-0.4, -0.2) is 83.5 Å². The summed E-state index contributed by atoms with van der Waals surface area (Å²) in [6.45, 7) is 12.9. The molecule has 0 radical (unpaired) electrons. The molecule has 12 heteroatoms. The van der Waals surface area contributed by atoms with Crippen LogP contribution in [0.4, 0.5) is 9.59 Å². The quantitative estimate of drug-likeness (QED) is 0.138. The summed E-state index contributed by atoms with van der Waals surface area (Å²) >= 11 is 0. The molecule has 280 valence electrons. The molecule has 3 aromatic carbocycles. The molecule has 2 aliphatic heterocycles. The number of H-pyrrole nitrogens is 2. The number of ether oxygens (including phenoxy) is 3. The van der Waals surface area contributed by atoms with E-state index in [1.54, 1.807) is 4.90 Å². The van der Waals surface area contributed by atoms with Gasteiger partial charge in [0.25, 0.3) is 0 Å². The molecule has 2 aromatic heterocycles. The SMILES string of the molecule is CC(C)(C)O[C@@H]1C[C@@H](c2nc3ccc(CCc4ccc5nc([C@@H]6C[C@@H](OC(C)(C)C)CN6C(=O)OCc6ccccc6)[nH]c5c4)cc3[nH]2)N(C(=O)O)C1. The van der Waals surface area contributed by atoms with Gasteiger partial charge in [0.1, 0.15) is 18.3 Å². The molecule has 0 bridgehead atoms. The first-order chi connectivity index (χ1) is 25.2. The number of rotatable bonds is 9. The average Bonchev–Trinajstić information content (AvgIpc) is 3.89. The van der Waals surface area contributed by atoms with E-state index in [2.05, 4.69) is 34.2 Å². The molecule has 3 N–H and O–H groups in total. The molecule has 0 saturated carbocycles. The maximum absolute atomic E-state index is 13.4. The van der Waals surface area contributed by atoms with Crippen molar-refractivity contribution in [1.29, 1.82) is 0 Å². The number of aromatic amines is 2. The van der Waals surface area contributed by atoms with Gasteiger partial charge in [-0.1, -0.05) is 42.5 Å². The third-order valence-electron chi connectivity index (χ3n) is 9.71. The number of aryl methyl sites for hydroxylation is 2. The highest BCUT2D eigenvalue weighted by molar-refractivity contribution is 5.77. The highest BCUT2D eigenvalue weighted by Crippen LogP contribution is 2.37. The Kier molecular flexibility index (Phi) is 9.94. The molecule has 5 aromatic rings. The minimum atomic E-state index is -0.974. The van der Waals surface area contributed by atoms with Gasteiger partial charge in [-0.05, 0) is 95.3 Å². The van der Waals surface area contributed by atoms with Crippen LogP contribution in [0.2, 0.25) is 0 Å². The highest BCUT2D eigenvalue weighted by Gasteiger charge is 2.42. The van der Waals surface area contributed by atoms with Gasteiger partial charge in [-0.3, -0.25) is 9.80 Å². The van der Waals surface area contributed by atoms with Crippen molar-refractivity contribution in [3.8, 4) is 0 Å². The Labute approximate surface area is 309 Å². The van der Waals surface area contributed by atoms with E-state index in [9.17, 15) is 14.7 Å². The molecule has 4 heterocycles. The summed E-state index contributed by atoms with van der Waals surface area (Å²) < 4.78 is 18.2. The molecule has 7 rings (SSSR count). The number of fused-ring (bicyclic) bond motifs is 2. The third kappa shape index (κ3) is 8.66. The Morgan fingerprint density at radius 1 is 0.717 bits per heavy atom. The minimum Gasteiger partial charge on any atom is -0.465 e. The Balaban J connectivity index is 1.04. The van der Waals surface area contributed by atoms with Crippen molar-refractivity contribution in [2.24, 2.45) is 0 Å². The van der Waals surface area contributed by atoms with Crippen LogP contribution in [0.5, 0.6) is 0 Å². The lowest BCUT2D eigenvalue weighted by atomic mass is 10.0. The number of nitrogens with zero attached hydrogens (tertiary/aromatic N) is 4. The van der Waals surface area contributed by atoms with Crippen LogP contribution < -0.4 is 0 Å². The van der Waals surface area contributed by atoms with Crippen LogP contribution in [0.1, 0.15) is 94.8 Å². The van der Waals surface area contributed by atoms with Gasteiger partial charge in [-0.15, -0.1) is 0 Å². The number of carbonyl (C=O) groups excluding carboxylic acids is 1. The van der Waals surface area contributed by atoms with Gasteiger partial charge < -0.3 is 29.3 Å². The molecular formula is C41H50N6O6. The van der Waals surface area contributed by atoms with Crippen molar-refractivity contribution in [2.45, 2.75) is 109 Å². The number of amides is 2. The van der Waals surface area contributed by atoms with Crippen molar-refractivity contribution < 1.29 is 28.9 Å². The Morgan fingerprint density at radius 3 is 1.70 bits per heavy atom. The zero-order chi connectivity index (χ0) is 37.5. The molecule has 0 unspecified atom stereocenters. The Bertz CT molecular complexity index is 2080. The molecule has 2 aliphatic rings. The minimum absolute atomic E-state index is 0.148. The number of nitrogens with one attached hydrogen (secondary N) is 2. The fourth-order valence-electron chi connectivity index (χ4n) is 7.57. The van der Waals surface area contributed by atoms with Gasteiger partial charge >= 0.3 is 12.2 Å². The first-order valence-corrected chi connectivity index (χ1v) is 18.5. The van der Waals surface area contributed by atoms with Crippen molar-refractivity contribution >= 4 is 34.3 Å². The molecule has 53 heavy (non-hydrogen) atoms. The number of likely N-dealkylation sites (tertiary alicyclic amines) is 2. The Hall–Kier alpha value is -4.94.